The summed E-state index contributed by atoms with van der Waals surface area (Å²) in [6, 6.07) is 13.5. The molecule has 0 aromatic heterocycles. The van der Waals surface area contributed by atoms with Crippen molar-refractivity contribution in [3.8, 4) is 5.75 Å². The maximum atomic E-state index is 11.9. The summed E-state index contributed by atoms with van der Waals surface area (Å²) in [5, 5.41) is 16.7. The second kappa shape index (κ2) is 8.84. The van der Waals surface area contributed by atoms with Crippen LogP contribution >= 0.6 is 11.6 Å². The molecule has 0 saturated carbocycles. The molecule has 0 bridgehead atoms. The maximum Gasteiger partial charge on any atom is 0.240 e. The SMILES string of the molecule is CC(=NNC(=O)CCC(=O)Nc1ccccc1Cl)c1ccccc1O. The number of hydrogen-bond acceptors (Lipinski definition) is 4. The van der Waals surface area contributed by atoms with Gasteiger partial charge < -0.3 is 10.4 Å². The molecule has 0 atom stereocenters. The molecule has 0 spiro atoms. The summed E-state index contributed by atoms with van der Waals surface area (Å²) in [7, 11) is 0. The van der Waals surface area contributed by atoms with E-state index in [1.807, 2.05) is 0 Å². The normalized spacial score (nSPS) is 11.0. The number of aromatic hydroxyl groups is 1. The molecule has 7 heteroatoms. The van der Waals surface area contributed by atoms with Crippen LogP contribution in [0.3, 0.4) is 0 Å². The van der Waals surface area contributed by atoms with E-state index < -0.39 is 5.91 Å². The average Bonchev–Trinajstić information content (AvgIpc) is 2.60. The number of carbonyl (C=O) groups excluding carboxylic acids is 2. The lowest BCUT2D eigenvalue weighted by Crippen LogP contribution is -2.21. The molecule has 2 amide bonds. The Kier molecular flexibility index (Phi) is 6.54. The maximum absolute atomic E-state index is 11.9. The van der Waals surface area contributed by atoms with Crippen LogP contribution in [0.25, 0.3) is 0 Å². The number of anilines is 1. The van der Waals surface area contributed by atoms with E-state index in [0.29, 0.717) is 22.0 Å². The number of nitrogens with zero attached hydrogens (tertiary/aromatic N) is 1. The fraction of sp³-hybridized carbons (Fsp3) is 0.167. The second-order valence-corrected chi connectivity index (χ2v) is 5.68. The highest BCUT2D eigenvalue weighted by Crippen LogP contribution is 2.20. The number of rotatable bonds is 6. The number of carbonyl (C=O) groups is 2. The topological polar surface area (TPSA) is 90.8 Å². The van der Waals surface area contributed by atoms with Gasteiger partial charge in [-0.1, -0.05) is 35.9 Å². The van der Waals surface area contributed by atoms with Crippen molar-refractivity contribution in [2.24, 2.45) is 5.10 Å². The zero-order valence-corrected chi connectivity index (χ0v) is 14.4. The largest absolute Gasteiger partial charge is 0.507 e. The molecule has 0 unspecified atom stereocenters. The molecule has 130 valence electrons. The van der Waals surface area contributed by atoms with Crippen LogP contribution in [0.1, 0.15) is 25.3 Å². The van der Waals surface area contributed by atoms with Gasteiger partial charge in [-0.3, -0.25) is 9.59 Å². The van der Waals surface area contributed by atoms with Gasteiger partial charge >= 0.3 is 0 Å². The van der Waals surface area contributed by atoms with Crippen molar-refractivity contribution in [3.63, 3.8) is 0 Å². The molecule has 2 aromatic carbocycles. The Labute approximate surface area is 150 Å². The van der Waals surface area contributed by atoms with Crippen molar-refractivity contribution in [3.05, 3.63) is 59.1 Å². The van der Waals surface area contributed by atoms with E-state index in [9.17, 15) is 14.7 Å². The van der Waals surface area contributed by atoms with Gasteiger partial charge in [0.05, 0.1) is 16.4 Å². The summed E-state index contributed by atoms with van der Waals surface area (Å²) in [6.45, 7) is 1.67. The quantitative estimate of drug-likeness (QED) is 0.546. The van der Waals surface area contributed by atoms with E-state index in [1.54, 1.807) is 49.4 Å². The molecule has 0 aliphatic carbocycles. The summed E-state index contributed by atoms with van der Waals surface area (Å²) in [5.74, 6) is -0.633. The number of para-hydroxylation sites is 2. The monoisotopic (exact) mass is 359 g/mol. The third-order valence-electron chi connectivity index (χ3n) is 3.37. The number of nitrogens with one attached hydrogen (secondary N) is 2. The van der Waals surface area contributed by atoms with Crippen molar-refractivity contribution in [1.82, 2.24) is 5.43 Å². The molecule has 0 heterocycles. The Morgan fingerprint density at radius 1 is 1.04 bits per heavy atom. The standard InChI is InChI=1S/C18H18ClN3O3/c1-12(13-6-2-5-9-16(13)23)21-22-18(25)11-10-17(24)20-15-8-4-3-7-14(15)19/h2-9,23H,10-11H2,1H3,(H,20,24)(H,22,25). The van der Waals surface area contributed by atoms with E-state index in [0.717, 1.165) is 0 Å². The van der Waals surface area contributed by atoms with Gasteiger partial charge in [0.15, 0.2) is 0 Å². The Balaban J connectivity index is 1.82. The molecule has 2 rings (SSSR count). The highest BCUT2D eigenvalue weighted by atomic mass is 35.5. The van der Waals surface area contributed by atoms with Crippen LogP contribution in [0.15, 0.2) is 53.6 Å². The van der Waals surface area contributed by atoms with E-state index >= 15 is 0 Å². The number of phenols is 1. The van der Waals surface area contributed by atoms with Crippen LogP contribution in [0, 0.1) is 0 Å². The Bertz CT molecular complexity index is 806. The molecule has 0 saturated heterocycles. The van der Waals surface area contributed by atoms with E-state index in [-0.39, 0.29) is 24.5 Å². The lowest BCUT2D eigenvalue weighted by atomic mass is 10.1. The molecular weight excluding hydrogens is 342 g/mol. The highest BCUT2D eigenvalue weighted by Gasteiger charge is 2.09. The van der Waals surface area contributed by atoms with Crippen LogP contribution in [0.5, 0.6) is 5.75 Å². The van der Waals surface area contributed by atoms with Crippen molar-refractivity contribution >= 4 is 34.8 Å². The van der Waals surface area contributed by atoms with E-state index in [4.69, 9.17) is 11.6 Å². The first-order valence-electron chi connectivity index (χ1n) is 7.63. The molecule has 0 fully saturated rings. The summed E-state index contributed by atoms with van der Waals surface area (Å²) in [6.07, 6.45) is -0.0178. The smallest absolute Gasteiger partial charge is 0.240 e. The van der Waals surface area contributed by atoms with Gasteiger partial charge in [0.1, 0.15) is 5.75 Å². The molecule has 25 heavy (non-hydrogen) atoms. The van der Waals surface area contributed by atoms with Gasteiger partial charge in [0.25, 0.3) is 0 Å². The first-order chi connectivity index (χ1) is 12.0. The lowest BCUT2D eigenvalue weighted by Gasteiger charge is -2.07. The summed E-state index contributed by atoms with van der Waals surface area (Å²) in [5.41, 5.74) is 3.87. The molecule has 2 aromatic rings. The lowest BCUT2D eigenvalue weighted by molar-refractivity contribution is -0.124. The number of phenolic OH excluding ortho intramolecular Hbond substituents is 1. The predicted molar refractivity (Wildman–Crippen MR) is 97.8 cm³/mol. The first kappa shape index (κ1) is 18.5. The van der Waals surface area contributed by atoms with Gasteiger partial charge in [-0.05, 0) is 31.2 Å². The zero-order valence-electron chi connectivity index (χ0n) is 13.6. The van der Waals surface area contributed by atoms with E-state index in [1.165, 1.54) is 6.07 Å². The second-order valence-electron chi connectivity index (χ2n) is 5.28. The molecule has 0 aliphatic rings. The average molecular weight is 360 g/mol. The number of halogens is 1. The van der Waals surface area contributed by atoms with Crippen LogP contribution < -0.4 is 10.7 Å². The van der Waals surface area contributed by atoms with E-state index in [2.05, 4.69) is 15.8 Å². The summed E-state index contributed by atoms with van der Waals surface area (Å²) < 4.78 is 0. The minimum absolute atomic E-state index is 0.00219. The predicted octanol–water partition coefficient (Wildman–Crippen LogP) is 3.30. The van der Waals surface area contributed by atoms with Crippen LogP contribution in [0.2, 0.25) is 5.02 Å². The van der Waals surface area contributed by atoms with Crippen molar-refractivity contribution in [1.29, 1.82) is 0 Å². The van der Waals surface area contributed by atoms with Crippen molar-refractivity contribution in [2.75, 3.05) is 5.32 Å². The Morgan fingerprint density at radius 2 is 1.68 bits per heavy atom. The fourth-order valence-electron chi connectivity index (χ4n) is 2.04. The van der Waals surface area contributed by atoms with Crippen molar-refractivity contribution < 1.29 is 14.7 Å². The molecule has 3 N–H and O–H groups in total. The van der Waals surface area contributed by atoms with Gasteiger partial charge in [-0.15, -0.1) is 0 Å². The number of amides is 2. The molecule has 6 nitrogen and oxygen atoms in total. The molecule has 0 aliphatic heterocycles. The minimum Gasteiger partial charge on any atom is -0.507 e. The van der Waals surface area contributed by atoms with Crippen LogP contribution in [0.4, 0.5) is 5.69 Å². The number of hydrogen-bond donors (Lipinski definition) is 3. The molecule has 0 radical (unpaired) electrons. The van der Waals surface area contributed by atoms with Crippen molar-refractivity contribution in [2.45, 2.75) is 19.8 Å². The number of benzene rings is 2. The van der Waals surface area contributed by atoms with Crippen LogP contribution in [-0.4, -0.2) is 22.6 Å². The van der Waals surface area contributed by atoms with Gasteiger partial charge in [-0.25, -0.2) is 5.43 Å². The minimum atomic E-state index is -0.399. The van der Waals surface area contributed by atoms with Gasteiger partial charge in [0, 0.05) is 18.4 Å². The Hall–Kier alpha value is -2.86. The third-order valence-corrected chi connectivity index (χ3v) is 3.70. The zero-order chi connectivity index (χ0) is 18.2. The first-order valence-corrected chi connectivity index (χ1v) is 8.01. The van der Waals surface area contributed by atoms with Crippen LogP contribution in [-0.2, 0) is 9.59 Å². The Morgan fingerprint density at radius 3 is 2.40 bits per heavy atom. The van der Waals surface area contributed by atoms with Gasteiger partial charge in [0.2, 0.25) is 11.8 Å². The molecular formula is C18H18ClN3O3. The number of hydrazone groups is 1. The third kappa shape index (κ3) is 5.61. The summed E-state index contributed by atoms with van der Waals surface area (Å²) >= 11 is 5.95. The van der Waals surface area contributed by atoms with Gasteiger partial charge in [-0.2, -0.15) is 5.10 Å². The summed E-state index contributed by atoms with van der Waals surface area (Å²) in [4.78, 5) is 23.7. The highest BCUT2D eigenvalue weighted by molar-refractivity contribution is 6.33. The fourth-order valence-corrected chi connectivity index (χ4v) is 2.23.